The van der Waals surface area contributed by atoms with Gasteiger partial charge in [0.25, 0.3) is 5.89 Å². The standard InChI is InChI=1S/C18H15F2N3O3S/c1-25-12-3-5-13(6-4-12)27-9-8-16(24)21-18-23-22-17(26-18)14-7-2-11(19)10-15(14)20/h2-7,10H,8-9H2,1H3,(H,21,23,24). The molecule has 0 atom stereocenters. The van der Waals surface area contributed by atoms with E-state index >= 15 is 0 Å². The number of thioether (sulfide) groups is 1. The number of carbonyl (C=O) groups is 1. The Morgan fingerprint density at radius 3 is 2.67 bits per heavy atom. The van der Waals surface area contributed by atoms with Gasteiger partial charge in [-0.2, -0.15) is 0 Å². The van der Waals surface area contributed by atoms with Gasteiger partial charge in [-0.3, -0.25) is 10.1 Å². The van der Waals surface area contributed by atoms with E-state index in [1.165, 1.54) is 17.8 Å². The number of rotatable bonds is 7. The summed E-state index contributed by atoms with van der Waals surface area (Å²) < 4.78 is 37.0. The van der Waals surface area contributed by atoms with E-state index < -0.39 is 11.6 Å². The molecular weight excluding hydrogens is 376 g/mol. The topological polar surface area (TPSA) is 77.2 Å². The number of nitrogens with one attached hydrogen (secondary N) is 1. The summed E-state index contributed by atoms with van der Waals surface area (Å²) in [5.74, 6) is -0.680. The van der Waals surface area contributed by atoms with Crippen LogP contribution in [-0.2, 0) is 4.79 Å². The van der Waals surface area contributed by atoms with Crippen LogP contribution in [0.5, 0.6) is 5.75 Å². The molecule has 0 fully saturated rings. The Morgan fingerprint density at radius 2 is 1.96 bits per heavy atom. The third kappa shape index (κ3) is 5.04. The number of halogens is 2. The molecular formula is C18H15F2N3O3S. The monoisotopic (exact) mass is 391 g/mol. The highest BCUT2D eigenvalue weighted by Crippen LogP contribution is 2.24. The number of amides is 1. The van der Waals surface area contributed by atoms with Crippen LogP contribution in [0.15, 0.2) is 51.8 Å². The average Bonchev–Trinajstić information content (AvgIpc) is 3.10. The Labute approximate surface area is 157 Å². The highest BCUT2D eigenvalue weighted by atomic mass is 32.2. The van der Waals surface area contributed by atoms with E-state index in [-0.39, 0.29) is 29.8 Å². The zero-order chi connectivity index (χ0) is 19.2. The molecule has 0 aliphatic carbocycles. The summed E-state index contributed by atoms with van der Waals surface area (Å²) >= 11 is 1.52. The van der Waals surface area contributed by atoms with Crippen molar-refractivity contribution in [2.24, 2.45) is 0 Å². The average molecular weight is 391 g/mol. The second-order valence-corrected chi connectivity index (χ2v) is 6.53. The van der Waals surface area contributed by atoms with E-state index in [1.54, 1.807) is 7.11 Å². The first-order valence-electron chi connectivity index (χ1n) is 7.91. The summed E-state index contributed by atoms with van der Waals surface area (Å²) in [5, 5.41) is 9.77. The Kier molecular flexibility index (Phi) is 6.02. The number of benzene rings is 2. The number of hydrogen-bond donors (Lipinski definition) is 1. The normalized spacial score (nSPS) is 10.6. The van der Waals surface area contributed by atoms with Crippen molar-refractivity contribution >= 4 is 23.7 Å². The summed E-state index contributed by atoms with van der Waals surface area (Å²) in [5.41, 5.74) is -0.0422. The van der Waals surface area contributed by atoms with Crippen molar-refractivity contribution < 1.29 is 22.7 Å². The first-order valence-corrected chi connectivity index (χ1v) is 8.89. The van der Waals surface area contributed by atoms with Crippen LogP contribution in [0.4, 0.5) is 14.8 Å². The van der Waals surface area contributed by atoms with Crippen molar-refractivity contribution in [3.63, 3.8) is 0 Å². The molecule has 0 unspecified atom stereocenters. The lowest BCUT2D eigenvalue weighted by atomic mass is 10.2. The molecule has 0 aliphatic rings. The Balaban J connectivity index is 1.51. The highest BCUT2D eigenvalue weighted by molar-refractivity contribution is 7.99. The summed E-state index contributed by atoms with van der Waals surface area (Å²) in [6.45, 7) is 0. The lowest BCUT2D eigenvalue weighted by Gasteiger charge is -2.03. The van der Waals surface area contributed by atoms with Crippen LogP contribution < -0.4 is 10.1 Å². The minimum absolute atomic E-state index is 0.0422. The van der Waals surface area contributed by atoms with Crippen molar-refractivity contribution in [1.82, 2.24) is 10.2 Å². The van der Waals surface area contributed by atoms with Crippen LogP contribution >= 0.6 is 11.8 Å². The predicted octanol–water partition coefficient (Wildman–Crippen LogP) is 4.14. The summed E-state index contributed by atoms with van der Waals surface area (Å²) in [7, 11) is 1.60. The molecule has 0 saturated heterocycles. The molecule has 3 aromatic rings. The summed E-state index contributed by atoms with van der Waals surface area (Å²) in [6.07, 6.45) is 0.222. The van der Waals surface area contributed by atoms with Crippen LogP contribution in [-0.4, -0.2) is 29.0 Å². The summed E-state index contributed by atoms with van der Waals surface area (Å²) in [6, 6.07) is 10.3. The van der Waals surface area contributed by atoms with Crippen molar-refractivity contribution in [1.29, 1.82) is 0 Å². The van der Waals surface area contributed by atoms with Crippen LogP contribution in [0.25, 0.3) is 11.5 Å². The smallest absolute Gasteiger partial charge is 0.322 e. The van der Waals surface area contributed by atoms with E-state index in [0.29, 0.717) is 11.8 Å². The van der Waals surface area contributed by atoms with Gasteiger partial charge in [-0.25, -0.2) is 8.78 Å². The number of nitrogens with zero attached hydrogens (tertiary/aromatic N) is 2. The molecule has 1 N–H and O–H groups in total. The molecule has 0 saturated carbocycles. The maximum absolute atomic E-state index is 13.7. The van der Waals surface area contributed by atoms with Crippen molar-refractivity contribution in [2.75, 3.05) is 18.2 Å². The molecule has 0 bridgehead atoms. The van der Waals surface area contributed by atoms with Gasteiger partial charge in [0, 0.05) is 23.1 Å². The maximum Gasteiger partial charge on any atom is 0.322 e. The van der Waals surface area contributed by atoms with Gasteiger partial charge in [0.05, 0.1) is 12.7 Å². The van der Waals surface area contributed by atoms with Gasteiger partial charge < -0.3 is 9.15 Å². The molecule has 2 aromatic carbocycles. The molecule has 0 spiro atoms. The van der Waals surface area contributed by atoms with E-state index in [0.717, 1.165) is 16.7 Å². The zero-order valence-electron chi connectivity index (χ0n) is 14.2. The molecule has 140 valence electrons. The minimum Gasteiger partial charge on any atom is -0.497 e. The SMILES string of the molecule is COc1ccc(SCCC(=O)Nc2nnc(-c3ccc(F)cc3F)o2)cc1. The Morgan fingerprint density at radius 1 is 1.19 bits per heavy atom. The van der Waals surface area contributed by atoms with Gasteiger partial charge in [0.15, 0.2) is 0 Å². The Hall–Kier alpha value is -2.94. The lowest BCUT2D eigenvalue weighted by molar-refractivity contribution is -0.115. The first kappa shape index (κ1) is 18.8. The maximum atomic E-state index is 13.7. The molecule has 9 heteroatoms. The summed E-state index contributed by atoms with van der Waals surface area (Å²) in [4.78, 5) is 13.0. The van der Waals surface area contributed by atoms with Gasteiger partial charge in [-0.05, 0) is 36.4 Å². The molecule has 1 heterocycles. The van der Waals surface area contributed by atoms with Gasteiger partial charge in [0.2, 0.25) is 5.91 Å². The third-order valence-electron chi connectivity index (χ3n) is 3.49. The highest BCUT2D eigenvalue weighted by Gasteiger charge is 2.15. The quantitative estimate of drug-likeness (QED) is 0.610. The number of aromatic nitrogens is 2. The first-order chi connectivity index (χ1) is 13.0. The fraction of sp³-hybridized carbons (Fsp3) is 0.167. The number of ether oxygens (including phenoxy) is 1. The zero-order valence-corrected chi connectivity index (χ0v) is 15.1. The number of carbonyl (C=O) groups excluding carboxylic acids is 1. The van der Waals surface area contributed by atoms with E-state index in [4.69, 9.17) is 9.15 Å². The largest absolute Gasteiger partial charge is 0.497 e. The van der Waals surface area contributed by atoms with Gasteiger partial charge >= 0.3 is 6.01 Å². The number of anilines is 1. The van der Waals surface area contributed by atoms with Crippen LogP contribution in [0.1, 0.15) is 6.42 Å². The second-order valence-electron chi connectivity index (χ2n) is 5.36. The molecule has 3 rings (SSSR count). The Bertz CT molecular complexity index is 932. The van der Waals surface area contributed by atoms with E-state index in [2.05, 4.69) is 15.5 Å². The van der Waals surface area contributed by atoms with Crippen molar-refractivity contribution in [3.05, 3.63) is 54.1 Å². The van der Waals surface area contributed by atoms with Crippen LogP contribution in [0.3, 0.4) is 0 Å². The van der Waals surface area contributed by atoms with E-state index in [9.17, 15) is 13.6 Å². The fourth-order valence-electron chi connectivity index (χ4n) is 2.16. The van der Waals surface area contributed by atoms with Gasteiger partial charge in [-0.15, -0.1) is 16.9 Å². The predicted molar refractivity (Wildman–Crippen MR) is 96.6 cm³/mol. The lowest BCUT2D eigenvalue weighted by Crippen LogP contribution is -2.12. The molecule has 1 amide bonds. The molecule has 27 heavy (non-hydrogen) atoms. The molecule has 6 nitrogen and oxygen atoms in total. The fourth-order valence-corrected chi connectivity index (χ4v) is 3.01. The molecule has 1 aromatic heterocycles. The van der Waals surface area contributed by atoms with Gasteiger partial charge in [0.1, 0.15) is 17.4 Å². The van der Waals surface area contributed by atoms with E-state index in [1.807, 2.05) is 24.3 Å². The van der Waals surface area contributed by atoms with Crippen molar-refractivity contribution in [2.45, 2.75) is 11.3 Å². The molecule has 0 aliphatic heterocycles. The minimum atomic E-state index is -0.826. The molecule has 0 radical (unpaired) electrons. The van der Waals surface area contributed by atoms with Crippen molar-refractivity contribution in [3.8, 4) is 17.2 Å². The van der Waals surface area contributed by atoms with Crippen LogP contribution in [0.2, 0.25) is 0 Å². The third-order valence-corrected chi connectivity index (χ3v) is 4.50. The second kappa shape index (κ2) is 8.63. The van der Waals surface area contributed by atoms with Crippen LogP contribution in [0, 0.1) is 11.6 Å². The number of methoxy groups -OCH3 is 1. The van der Waals surface area contributed by atoms with Gasteiger partial charge in [-0.1, -0.05) is 5.10 Å². The number of hydrogen-bond acceptors (Lipinski definition) is 6.